The number of halogens is 5. The van der Waals surface area contributed by atoms with Crippen LogP contribution in [-0.4, -0.2) is 42.3 Å². The zero-order chi connectivity index (χ0) is 16.2. The number of ether oxygens (including phenoxy) is 1. The van der Waals surface area contributed by atoms with Crippen molar-refractivity contribution in [2.75, 3.05) is 13.2 Å². The molecule has 0 aromatic carbocycles. The van der Waals surface area contributed by atoms with Crippen LogP contribution in [0.15, 0.2) is 18.3 Å². The monoisotopic (exact) mass is 389 g/mol. The molecular weight excluding hydrogens is 370 g/mol. The van der Waals surface area contributed by atoms with E-state index < -0.39 is 18.7 Å². The van der Waals surface area contributed by atoms with Crippen molar-refractivity contribution < 1.29 is 22.7 Å². The van der Waals surface area contributed by atoms with Gasteiger partial charge in [-0.05, 0) is 38.4 Å². The molecule has 0 bridgehead atoms. The summed E-state index contributed by atoms with van der Waals surface area (Å²) in [6.07, 6.45) is -1.65. The first-order valence-electron chi connectivity index (χ1n) is 7.04. The van der Waals surface area contributed by atoms with Crippen LogP contribution in [0.3, 0.4) is 0 Å². The predicted molar refractivity (Wildman–Crippen MR) is 88.2 cm³/mol. The highest BCUT2D eigenvalue weighted by atomic mass is 35.5. The molecule has 5 nitrogen and oxygen atoms in total. The van der Waals surface area contributed by atoms with Crippen LogP contribution >= 0.6 is 24.8 Å². The summed E-state index contributed by atoms with van der Waals surface area (Å²) >= 11 is 0. The average molecular weight is 390 g/mol. The molecule has 2 heterocycles. The van der Waals surface area contributed by atoms with Gasteiger partial charge in [-0.2, -0.15) is 13.2 Å². The minimum Gasteiger partial charge on any atom is -0.467 e. The lowest BCUT2D eigenvalue weighted by molar-refractivity contribution is -0.154. The smallest absolute Gasteiger partial charge is 0.422 e. The molecule has 2 unspecified atom stereocenters. The molecule has 2 rings (SSSR count). The fourth-order valence-corrected chi connectivity index (χ4v) is 2.36. The molecular formula is C14H20Cl2F3N3O2. The van der Waals surface area contributed by atoms with Crippen molar-refractivity contribution in [3.05, 3.63) is 23.9 Å². The van der Waals surface area contributed by atoms with Crippen molar-refractivity contribution in [3.63, 3.8) is 0 Å². The molecule has 1 saturated heterocycles. The molecule has 138 valence electrons. The number of amides is 1. The van der Waals surface area contributed by atoms with Crippen molar-refractivity contribution in [1.82, 2.24) is 15.6 Å². The van der Waals surface area contributed by atoms with E-state index in [4.69, 9.17) is 0 Å². The van der Waals surface area contributed by atoms with Gasteiger partial charge in [-0.3, -0.25) is 4.79 Å². The Labute approximate surface area is 150 Å². The highest BCUT2D eigenvalue weighted by Crippen LogP contribution is 2.20. The Morgan fingerprint density at radius 2 is 2.17 bits per heavy atom. The lowest BCUT2D eigenvalue weighted by Crippen LogP contribution is -2.46. The van der Waals surface area contributed by atoms with Gasteiger partial charge < -0.3 is 15.4 Å². The lowest BCUT2D eigenvalue weighted by atomic mass is 10.0. The quantitative estimate of drug-likeness (QED) is 0.830. The summed E-state index contributed by atoms with van der Waals surface area (Å²) in [5, 5.41) is 6.08. The van der Waals surface area contributed by atoms with Gasteiger partial charge in [-0.15, -0.1) is 24.8 Å². The van der Waals surface area contributed by atoms with Crippen LogP contribution in [-0.2, 0) is 0 Å². The molecule has 2 atom stereocenters. The van der Waals surface area contributed by atoms with Crippen molar-refractivity contribution in [1.29, 1.82) is 0 Å². The Morgan fingerprint density at radius 3 is 2.79 bits per heavy atom. The Balaban J connectivity index is 0.00000264. The summed E-state index contributed by atoms with van der Waals surface area (Å²) in [6, 6.07) is 3.16. The van der Waals surface area contributed by atoms with Crippen LogP contribution in [0.5, 0.6) is 5.88 Å². The average Bonchev–Trinajstić information content (AvgIpc) is 2.44. The number of carbonyl (C=O) groups is 1. The Morgan fingerprint density at radius 1 is 1.46 bits per heavy atom. The summed E-state index contributed by atoms with van der Waals surface area (Å²) in [6.45, 7) is 1.32. The number of aromatic nitrogens is 1. The van der Waals surface area contributed by atoms with E-state index in [1.807, 2.05) is 6.92 Å². The lowest BCUT2D eigenvalue weighted by Gasteiger charge is -2.28. The molecule has 1 fully saturated rings. The Kier molecular flexibility index (Phi) is 9.39. The summed E-state index contributed by atoms with van der Waals surface area (Å²) in [5.41, 5.74) is 0.0120. The molecule has 0 aliphatic carbocycles. The van der Waals surface area contributed by atoms with E-state index in [-0.39, 0.29) is 48.3 Å². The maximum atomic E-state index is 12.2. The normalized spacial score (nSPS) is 20.3. The van der Waals surface area contributed by atoms with Gasteiger partial charge in [-0.1, -0.05) is 0 Å². The first-order valence-corrected chi connectivity index (χ1v) is 7.04. The molecule has 1 aliphatic heterocycles. The molecule has 0 spiro atoms. The third-order valence-corrected chi connectivity index (χ3v) is 3.35. The summed E-state index contributed by atoms with van der Waals surface area (Å²) in [7, 11) is 0. The Bertz CT molecular complexity index is 532. The van der Waals surface area contributed by atoms with Gasteiger partial charge in [0.05, 0.1) is 0 Å². The predicted octanol–water partition coefficient (Wildman–Crippen LogP) is 2.74. The first kappa shape index (κ1) is 22.8. The van der Waals surface area contributed by atoms with Crippen molar-refractivity contribution in [3.8, 4) is 5.88 Å². The number of nitrogens with zero attached hydrogens (tertiary/aromatic N) is 1. The molecule has 0 saturated carbocycles. The largest absolute Gasteiger partial charge is 0.467 e. The molecule has 24 heavy (non-hydrogen) atoms. The number of alkyl halides is 3. The van der Waals surface area contributed by atoms with E-state index in [0.717, 1.165) is 19.4 Å². The van der Waals surface area contributed by atoms with Crippen LogP contribution in [0.4, 0.5) is 13.2 Å². The second-order valence-corrected chi connectivity index (χ2v) is 5.31. The number of hydrogen-bond donors (Lipinski definition) is 2. The highest BCUT2D eigenvalue weighted by molar-refractivity contribution is 5.96. The number of rotatable bonds is 4. The number of pyridine rings is 1. The third-order valence-electron chi connectivity index (χ3n) is 3.35. The van der Waals surface area contributed by atoms with Crippen LogP contribution in [0.2, 0.25) is 0 Å². The van der Waals surface area contributed by atoms with Gasteiger partial charge in [0.2, 0.25) is 5.88 Å². The number of nitrogens with one attached hydrogen (secondary N) is 2. The van der Waals surface area contributed by atoms with E-state index >= 15 is 0 Å². The maximum Gasteiger partial charge on any atom is 0.422 e. The van der Waals surface area contributed by atoms with Crippen LogP contribution < -0.4 is 15.4 Å². The molecule has 0 radical (unpaired) electrons. The number of hydrogen-bond acceptors (Lipinski definition) is 4. The maximum absolute atomic E-state index is 12.2. The standard InChI is InChI=1S/C14H18F3N3O2.2ClH/c1-9-7-10(4-6-18-9)20-12(21)11-3-2-5-19-13(11)22-8-14(15,16)17;;/h2-3,5,9-10,18H,4,6-8H2,1H3,(H,20,21);2*1H. The van der Waals surface area contributed by atoms with Gasteiger partial charge in [0.25, 0.3) is 5.91 Å². The van der Waals surface area contributed by atoms with Crippen molar-refractivity contribution in [2.24, 2.45) is 0 Å². The van der Waals surface area contributed by atoms with Gasteiger partial charge in [0, 0.05) is 18.3 Å². The fourth-order valence-electron chi connectivity index (χ4n) is 2.36. The van der Waals surface area contributed by atoms with Crippen LogP contribution in [0, 0.1) is 0 Å². The van der Waals surface area contributed by atoms with E-state index in [1.54, 1.807) is 0 Å². The van der Waals surface area contributed by atoms with Crippen molar-refractivity contribution in [2.45, 2.75) is 38.0 Å². The van der Waals surface area contributed by atoms with Crippen molar-refractivity contribution >= 4 is 30.7 Å². The van der Waals surface area contributed by atoms with Gasteiger partial charge >= 0.3 is 6.18 Å². The minimum absolute atomic E-state index is 0. The fraction of sp³-hybridized carbons (Fsp3) is 0.571. The highest BCUT2D eigenvalue weighted by Gasteiger charge is 2.30. The van der Waals surface area contributed by atoms with Crippen LogP contribution in [0.1, 0.15) is 30.1 Å². The first-order chi connectivity index (χ1) is 10.3. The minimum atomic E-state index is -4.48. The summed E-state index contributed by atoms with van der Waals surface area (Å²) < 4.78 is 41.3. The van der Waals surface area contributed by atoms with E-state index in [1.165, 1.54) is 18.3 Å². The topological polar surface area (TPSA) is 63.2 Å². The third kappa shape index (κ3) is 7.11. The van der Waals surface area contributed by atoms with E-state index in [0.29, 0.717) is 0 Å². The molecule has 1 aliphatic rings. The second kappa shape index (κ2) is 9.90. The van der Waals surface area contributed by atoms with E-state index in [9.17, 15) is 18.0 Å². The van der Waals surface area contributed by atoms with Gasteiger partial charge in [0.1, 0.15) is 5.56 Å². The zero-order valence-electron chi connectivity index (χ0n) is 12.9. The number of carbonyl (C=O) groups excluding carboxylic acids is 1. The molecule has 1 amide bonds. The van der Waals surface area contributed by atoms with Gasteiger partial charge in [-0.25, -0.2) is 4.98 Å². The second-order valence-electron chi connectivity index (χ2n) is 5.31. The summed E-state index contributed by atoms with van der Waals surface area (Å²) in [5.74, 6) is -0.774. The number of piperidine rings is 1. The molecule has 1 aromatic rings. The SMILES string of the molecule is CC1CC(NC(=O)c2cccnc2OCC(F)(F)F)CCN1.Cl.Cl. The molecule has 2 N–H and O–H groups in total. The Hall–Kier alpha value is -1.25. The molecule has 1 aromatic heterocycles. The van der Waals surface area contributed by atoms with E-state index in [2.05, 4.69) is 20.4 Å². The molecule has 10 heteroatoms. The van der Waals surface area contributed by atoms with Crippen LogP contribution in [0.25, 0.3) is 0 Å². The van der Waals surface area contributed by atoms with Gasteiger partial charge in [0.15, 0.2) is 6.61 Å². The summed E-state index contributed by atoms with van der Waals surface area (Å²) in [4.78, 5) is 15.9. The zero-order valence-corrected chi connectivity index (χ0v) is 14.6.